The molecule has 1 fully saturated rings. The number of carbonyl (C=O) groups excluding carboxylic acids is 3. The molecule has 5 atom stereocenters. The molecule has 2 N–H and O–H groups in total. The van der Waals surface area contributed by atoms with E-state index in [4.69, 9.17) is 16.3 Å². The number of aryl methyl sites for hydroxylation is 3. The molecule has 7 nitrogen and oxygen atoms in total. The van der Waals surface area contributed by atoms with E-state index in [1.807, 2.05) is 65.0 Å². The third-order valence-corrected chi connectivity index (χ3v) is 7.70. The molecule has 0 aliphatic heterocycles. The molecule has 2 aromatic carbocycles. The minimum Gasteiger partial charge on any atom is -0.444 e. The van der Waals surface area contributed by atoms with E-state index < -0.39 is 23.8 Å². The lowest BCUT2D eigenvalue weighted by molar-refractivity contribution is -0.142. The number of anilines is 1. The fourth-order valence-corrected chi connectivity index (χ4v) is 5.31. The minimum absolute atomic E-state index is 0.150. The highest BCUT2D eigenvalue weighted by molar-refractivity contribution is 6.34. The molecule has 0 aromatic heterocycles. The summed E-state index contributed by atoms with van der Waals surface area (Å²) in [5, 5.41) is 6.28. The summed E-state index contributed by atoms with van der Waals surface area (Å²) < 4.78 is 5.50. The van der Waals surface area contributed by atoms with Crippen molar-refractivity contribution < 1.29 is 19.1 Å². The van der Waals surface area contributed by atoms with Gasteiger partial charge in [-0.25, -0.2) is 4.79 Å². The number of para-hydroxylation sites is 1. The molecule has 3 amide bonds. The van der Waals surface area contributed by atoms with Crippen LogP contribution in [0.25, 0.3) is 0 Å². The Balaban J connectivity index is 2.11. The minimum atomic E-state index is -0.927. The van der Waals surface area contributed by atoms with E-state index in [0.717, 1.165) is 23.1 Å². The second kappa shape index (κ2) is 12.6. The van der Waals surface area contributed by atoms with Crippen LogP contribution in [-0.4, -0.2) is 40.5 Å². The highest BCUT2D eigenvalue weighted by Crippen LogP contribution is 2.42. The van der Waals surface area contributed by atoms with Crippen LogP contribution in [0.3, 0.4) is 0 Å². The Bertz CT molecular complexity index is 1210. The predicted molar refractivity (Wildman–Crippen MR) is 161 cm³/mol. The Morgan fingerprint density at radius 2 is 1.70 bits per heavy atom. The maximum Gasteiger partial charge on any atom is 0.408 e. The first kappa shape index (κ1) is 31.5. The molecule has 1 saturated carbocycles. The summed E-state index contributed by atoms with van der Waals surface area (Å²) in [5.41, 5.74) is 3.32. The number of nitrogens with zero attached hydrogens (tertiary/aromatic N) is 1. The van der Waals surface area contributed by atoms with Crippen molar-refractivity contribution in [2.75, 3.05) is 5.32 Å². The quantitative estimate of drug-likeness (QED) is 0.336. The normalized spacial score (nSPS) is 18.8. The van der Waals surface area contributed by atoms with Gasteiger partial charge in [0.1, 0.15) is 17.7 Å². The molecule has 5 unspecified atom stereocenters. The van der Waals surface area contributed by atoms with E-state index in [2.05, 4.69) is 17.6 Å². The number of benzene rings is 2. The van der Waals surface area contributed by atoms with Crippen molar-refractivity contribution in [1.29, 1.82) is 0 Å². The highest BCUT2D eigenvalue weighted by atomic mass is 35.5. The Morgan fingerprint density at radius 1 is 1.10 bits per heavy atom. The van der Waals surface area contributed by atoms with Gasteiger partial charge in [-0.05, 0) is 77.0 Å². The van der Waals surface area contributed by atoms with Gasteiger partial charge in [0.15, 0.2) is 0 Å². The molecule has 0 saturated heterocycles. The van der Waals surface area contributed by atoms with Crippen LogP contribution in [0.5, 0.6) is 0 Å². The van der Waals surface area contributed by atoms with Gasteiger partial charge >= 0.3 is 6.09 Å². The van der Waals surface area contributed by atoms with Crippen LogP contribution >= 0.6 is 11.6 Å². The third-order valence-electron chi connectivity index (χ3n) is 7.39. The summed E-state index contributed by atoms with van der Waals surface area (Å²) in [6, 6.07) is 9.43. The lowest BCUT2D eigenvalue weighted by Crippen LogP contribution is -2.55. The monoisotopic (exact) mass is 569 g/mol. The van der Waals surface area contributed by atoms with E-state index in [1.165, 1.54) is 0 Å². The van der Waals surface area contributed by atoms with Crippen LogP contribution in [0, 0.1) is 32.6 Å². The lowest BCUT2D eigenvalue weighted by Gasteiger charge is -2.37. The number of amides is 3. The topological polar surface area (TPSA) is 87.7 Å². The zero-order valence-electron chi connectivity index (χ0n) is 25.2. The predicted octanol–water partition coefficient (Wildman–Crippen LogP) is 7.12. The zero-order valence-corrected chi connectivity index (χ0v) is 26.0. The van der Waals surface area contributed by atoms with Crippen LogP contribution in [0.2, 0.25) is 5.02 Å². The van der Waals surface area contributed by atoms with Gasteiger partial charge in [-0.2, -0.15) is 0 Å². The Hall–Kier alpha value is -3.06. The molecule has 8 heteroatoms. The summed E-state index contributed by atoms with van der Waals surface area (Å²) in [4.78, 5) is 43.3. The van der Waals surface area contributed by atoms with Gasteiger partial charge in [0.25, 0.3) is 5.91 Å². The number of rotatable bonds is 9. The maximum absolute atomic E-state index is 14.5. The first-order valence-corrected chi connectivity index (χ1v) is 14.5. The smallest absolute Gasteiger partial charge is 0.408 e. The SMILES string of the molecule is CCC(C)C(NC(=O)OC(C)(C)C)C(=O)N(C(C(=O)Nc1c(C)cccc1Cl)c1cc(C)cc(C)c1)C1CC1C. The van der Waals surface area contributed by atoms with Crippen molar-refractivity contribution in [1.82, 2.24) is 10.2 Å². The fraction of sp³-hybridized carbons (Fsp3) is 0.531. The number of alkyl carbamates (subject to hydrolysis) is 1. The maximum atomic E-state index is 14.5. The second-order valence-electron chi connectivity index (χ2n) is 12.3. The summed E-state index contributed by atoms with van der Waals surface area (Å²) in [6.07, 6.45) is 0.763. The van der Waals surface area contributed by atoms with Crippen molar-refractivity contribution in [3.05, 3.63) is 63.7 Å². The van der Waals surface area contributed by atoms with E-state index in [0.29, 0.717) is 22.7 Å². The van der Waals surface area contributed by atoms with Gasteiger partial charge in [0.05, 0.1) is 10.7 Å². The molecule has 2 aromatic rings. The standard InChI is InChI=1S/C32H44ClN3O4/c1-10-20(4)27(35-31(39)40-32(7,8)9)30(38)36(25-17-22(25)6)28(23-15-18(2)14-19(3)16-23)29(37)34-26-21(5)12-11-13-24(26)33/h11-16,20,22,25,27-28H,10,17H2,1-9H3,(H,34,37)(H,35,39). The molecular weight excluding hydrogens is 526 g/mol. The molecule has 218 valence electrons. The highest BCUT2D eigenvalue weighted by Gasteiger charge is 2.49. The number of nitrogens with one attached hydrogen (secondary N) is 2. The zero-order chi connectivity index (χ0) is 29.9. The van der Waals surface area contributed by atoms with Crippen LogP contribution in [0.15, 0.2) is 36.4 Å². The van der Waals surface area contributed by atoms with E-state index in [9.17, 15) is 14.4 Å². The Labute approximate surface area is 244 Å². The Morgan fingerprint density at radius 3 is 2.20 bits per heavy atom. The molecule has 0 bridgehead atoms. The molecule has 0 spiro atoms. The molecule has 1 aliphatic carbocycles. The van der Waals surface area contributed by atoms with Gasteiger partial charge in [0, 0.05) is 6.04 Å². The van der Waals surface area contributed by atoms with E-state index >= 15 is 0 Å². The third kappa shape index (κ3) is 7.78. The molecule has 3 rings (SSSR count). The van der Waals surface area contributed by atoms with Crippen LogP contribution in [0.4, 0.5) is 10.5 Å². The van der Waals surface area contributed by atoms with E-state index in [-0.39, 0.29) is 29.7 Å². The average molecular weight is 570 g/mol. The van der Waals surface area contributed by atoms with Crippen LogP contribution < -0.4 is 10.6 Å². The average Bonchev–Trinajstić information content (AvgIpc) is 3.56. The molecule has 1 aliphatic rings. The molecule has 40 heavy (non-hydrogen) atoms. The van der Waals surface area contributed by atoms with Crippen molar-refractivity contribution >= 4 is 35.2 Å². The van der Waals surface area contributed by atoms with Gasteiger partial charge in [-0.3, -0.25) is 9.59 Å². The number of ether oxygens (including phenoxy) is 1. The lowest BCUT2D eigenvalue weighted by atomic mass is 9.94. The van der Waals surface area contributed by atoms with Crippen molar-refractivity contribution in [3.63, 3.8) is 0 Å². The summed E-state index contributed by atoms with van der Waals surface area (Å²) in [5.74, 6) is -0.629. The number of halogens is 1. The van der Waals surface area contributed by atoms with Crippen molar-refractivity contribution in [2.24, 2.45) is 11.8 Å². The summed E-state index contributed by atoms with van der Waals surface area (Å²) in [7, 11) is 0. The van der Waals surface area contributed by atoms with Gasteiger partial charge in [-0.15, -0.1) is 0 Å². The van der Waals surface area contributed by atoms with E-state index in [1.54, 1.807) is 31.7 Å². The first-order chi connectivity index (χ1) is 18.6. The van der Waals surface area contributed by atoms with Crippen LogP contribution in [0.1, 0.15) is 82.7 Å². The summed E-state index contributed by atoms with van der Waals surface area (Å²) in [6.45, 7) is 17.1. The van der Waals surface area contributed by atoms with Crippen molar-refractivity contribution in [3.8, 4) is 0 Å². The fourth-order valence-electron chi connectivity index (χ4n) is 5.04. The van der Waals surface area contributed by atoms with Crippen molar-refractivity contribution in [2.45, 2.75) is 98.9 Å². The van der Waals surface area contributed by atoms with Gasteiger partial charge < -0.3 is 20.3 Å². The van der Waals surface area contributed by atoms with Gasteiger partial charge in [0.2, 0.25) is 5.91 Å². The van der Waals surface area contributed by atoms with Crippen LogP contribution in [-0.2, 0) is 14.3 Å². The second-order valence-corrected chi connectivity index (χ2v) is 12.7. The summed E-state index contributed by atoms with van der Waals surface area (Å²) >= 11 is 6.48. The largest absolute Gasteiger partial charge is 0.444 e. The Kier molecular flexibility index (Phi) is 9.94. The number of carbonyl (C=O) groups is 3. The number of hydrogen-bond donors (Lipinski definition) is 2. The first-order valence-electron chi connectivity index (χ1n) is 14.1. The number of hydrogen-bond acceptors (Lipinski definition) is 4. The van der Waals surface area contributed by atoms with Gasteiger partial charge in [-0.1, -0.05) is 80.3 Å². The molecule has 0 radical (unpaired) electrons. The molecule has 0 heterocycles. The molecular formula is C32H44ClN3O4.